The van der Waals surface area contributed by atoms with Gasteiger partial charge in [-0.15, -0.1) is 10.2 Å². The zero-order chi connectivity index (χ0) is 13.0. The number of halogens is 1. The fourth-order valence-electron chi connectivity index (χ4n) is 1.81. The summed E-state index contributed by atoms with van der Waals surface area (Å²) in [5.41, 5.74) is 0. The number of nitrogens with zero attached hydrogens (tertiary/aromatic N) is 2. The molecule has 96 valence electrons. The first-order chi connectivity index (χ1) is 8.68. The molecule has 2 aromatic rings. The molecule has 1 aromatic carbocycles. The number of aromatic nitrogens is 2. The van der Waals surface area contributed by atoms with Gasteiger partial charge in [0, 0.05) is 10.8 Å². The van der Waals surface area contributed by atoms with Crippen LogP contribution in [0.1, 0.15) is 26.7 Å². The van der Waals surface area contributed by atoms with Crippen LogP contribution >= 0.6 is 11.6 Å². The van der Waals surface area contributed by atoms with Crippen LogP contribution in [-0.4, -0.2) is 16.8 Å². The van der Waals surface area contributed by atoms with Gasteiger partial charge in [-0.25, -0.2) is 0 Å². The Kier molecular flexibility index (Phi) is 4.37. The molecular weight excluding hydrogens is 248 g/mol. The Morgan fingerprint density at radius 1 is 1.17 bits per heavy atom. The second-order valence-corrected chi connectivity index (χ2v) is 5.08. The average molecular weight is 265 g/mol. The molecule has 0 saturated heterocycles. The molecule has 0 aliphatic carbocycles. The number of hydrogen-bond donors (Lipinski definition) is 0. The smallest absolute Gasteiger partial charge is 0.241 e. The van der Waals surface area contributed by atoms with Gasteiger partial charge in [-0.2, -0.15) is 0 Å². The Balaban J connectivity index is 2.11. The molecule has 0 aliphatic heterocycles. The maximum atomic E-state index is 6.00. The summed E-state index contributed by atoms with van der Waals surface area (Å²) in [6.45, 7) is 5.08. The highest BCUT2D eigenvalue weighted by atomic mass is 35.5. The highest BCUT2D eigenvalue weighted by molar-refractivity contribution is 6.34. The Morgan fingerprint density at radius 2 is 1.89 bits per heavy atom. The number of rotatable bonds is 5. The number of hydrogen-bond acceptors (Lipinski definition) is 3. The van der Waals surface area contributed by atoms with E-state index in [0.29, 0.717) is 23.6 Å². The summed E-state index contributed by atoms with van der Waals surface area (Å²) < 4.78 is 5.69. The molecule has 3 nitrogen and oxygen atoms in total. The first-order valence-electron chi connectivity index (χ1n) is 6.22. The zero-order valence-electron chi connectivity index (χ0n) is 10.7. The van der Waals surface area contributed by atoms with E-state index in [4.69, 9.17) is 16.3 Å². The van der Waals surface area contributed by atoms with E-state index in [0.717, 1.165) is 23.6 Å². The van der Waals surface area contributed by atoms with Gasteiger partial charge in [0.25, 0.3) is 0 Å². The molecule has 1 aromatic heterocycles. The van der Waals surface area contributed by atoms with Crippen molar-refractivity contribution in [3.63, 3.8) is 0 Å². The Bertz CT molecular complexity index is 528. The lowest BCUT2D eigenvalue weighted by molar-refractivity contribution is 0.288. The summed E-state index contributed by atoms with van der Waals surface area (Å²) in [6, 6.07) is 7.75. The average Bonchev–Trinajstić information content (AvgIpc) is 2.37. The third kappa shape index (κ3) is 3.10. The molecule has 0 radical (unpaired) electrons. The van der Waals surface area contributed by atoms with Gasteiger partial charge >= 0.3 is 0 Å². The van der Waals surface area contributed by atoms with Crippen LogP contribution in [0.2, 0.25) is 5.15 Å². The molecule has 0 saturated carbocycles. The molecule has 4 heteroatoms. The minimum atomic E-state index is 0.417. The number of fused-ring (bicyclic) bond motifs is 1. The van der Waals surface area contributed by atoms with E-state index >= 15 is 0 Å². The van der Waals surface area contributed by atoms with Gasteiger partial charge in [0.2, 0.25) is 5.88 Å². The van der Waals surface area contributed by atoms with Crippen molar-refractivity contribution in [3.05, 3.63) is 29.4 Å². The van der Waals surface area contributed by atoms with Gasteiger partial charge in [-0.3, -0.25) is 0 Å². The molecule has 0 amide bonds. The predicted octanol–water partition coefficient (Wildman–Crippen LogP) is 4.10. The molecule has 1 heterocycles. The van der Waals surface area contributed by atoms with Crippen molar-refractivity contribution >= 4 is 22.4 Å². The Labute approximate surface area is 112 Å². The molecule has 0 N–H and O–H groups in total. The van der Waals surface area contributed by atoms with Crippen molar-refractivity contribution in [3.8, 4) is 5.88 Å². The molecule has 0 fully saturated rings. The van der Waals surface area contributed by atoms with Gasteiger partial charge in [0.1, 0.15) is 0 Å². The molecule has 0 unspecified atom stereocenters. The van der Waals surface area contributed by atoms with E-state index in [1.807, 2.05) is 24.3 Å². The van der Waals surface area contributed by atoms with Crippen LogP contribution in [0.4, 0.5) is 0 Å². The summed E-state index contributed by atoms with van der Waals surface area (Å²) in [5, 5.41) is 10.1. The van der Waals surface area contributed by atoms with E-state index in [1.165, 1.54) is 0 Å². The topological polar surface area (TPSA) is 35.0 Å². The van der Waals surface area contributed by atoms with Crippen LogP contribution < -0.4 is 4.74 Å². The van der Waals surface area contributed by atoms with Crippen LogP contribution in [0, 0.1) is 5.92 Å². The lowest BCUT2D eigenvalue weighted by atomic mass is 10.1. The molecule has 0 atom stereocenters. The quantitative estimate of drug-likeness (QED) is 0.763. The van der Waals surface area contributed by atoms with Crippen LogP contribution in [0.3, 0.4) is 0 Å². The number of benzene rings is 1. The molecule has 0 aliphatic rings. The van der Waals surface area contributed by atoms with Crippen molar-refractivity contribution in [1.29, 1.82) is 0 Å². The third-order valence-electron chi connectivity index (χ3n) is 2.77. The van der Waals surface area contributed by atoms with Crippen LogP contribution in [0.15, 0.2) is 24.3 Å². The largest absolute Gasteiger partial charge is 0.476 e. The van der Waals surface area contributed by atoms with Crippen molar-refractivity contribution in [1.82, 2.24) is 10.2 Å². The molecular formula is C14H17ClN2O. The molecule has 0 spiro atoms. The van der Waals surface area contributed by atoms with Gasteiger partial charge in [-0.1, -0.05) is 43.6 Å². The number of ether oxygens (including phenoxy) is 1. The van der Waals surface area contributed by atoms with E-state index in [-0.39, 0.29) is 0 Å². The van der Waals surface area contributed by atoms with Crippen LogP contribution in [0.5, 0.6) is 5.88 Å². The SMILES string of the molecule is CC(C)CCCOc1nnc(Cl)c2ccccc12. The first kappa shape index (κ1) is 13.1. The second kappa shape index (κ2) is 6.01. The monoisotopic (exact) mass is 264 g/mol. The normalized spacial score (nSPS) is 11.1. The van der Waals surface area contributed by atoms with Crippen molar-refractivity contribution in [2.24, 2.45) is 5.92 Å². The maximum Gasteiger partial charge on any atom is 0.241 e. The highest BCUT2D eigenvalue weighted by Crippen LogP contribution is 2.27. The Hall–Kier alpha value is -1.35. The van der Waals surface area contributed by atoms with E-state index in [1.54, 1.807) is 0 Å². The summed E-state index contributed by atoms with van der Waals surface area (Å²) in [6.07, 6.45) is 2.18. The van der Waals surface area contributed by atoms with Gasteiger partial charge < -0.3 is 4.74 Å². The summed E-state index contributed by atoms with van der Waals surface area (Å²) in [5.74, 6) is 1.26. The van der Waals surface area contributed by atoms with Crippen molar-refractivity contribution < 1.29 is 4.74 Å². The van der Waals surface area contributed by atoms with E-state index < -0.39 is 0 Å². The van der Waals surface area contributed by atoms with Crippen LogP contribution in [-0.2, 0) is 0 Å². The fraction of sp³-hybridized carbons (Fsp3) is 0.429. The fourth-order valence-corrected chi connectivity index (χ4v) is 2.02. The first-order valence-corrected chi connectivity index (χ1v) is 6.60. The standard InChI is InChI=1S/C14H17ClN2O/c1-10(2)6-5-9-18-14-12-8-4-3-7-11(12)13(15)16-17-14/h3-4,7-8,10H,5-6,9H2,1-2H3. The Morgan fingerprint density at radius 3 is 2.61 bits per heavy atom. The molecule has 18 heavy (non-hydrogen) atoms. The van der Waals surface area contributed by atoms with E-state index in [9.17, 15) is 0 Å². The summed E-state index contributed by atoms with van der Waals surface area (Å²) in [4.78, 5) is 0. The van der Waals surface area contributed by atoms with Crippen molar-refractivity contribution in [2.75, 3.05) is 6.61 Å². The summed E-state index contributed by atoms with van der Waals surface area (Å²) >= 11 is 6.00. The predicted molar refractivity (Wildman–Crippen MR) is 74.1 cm³/mol. The second-order valence-electron chi connectivity index (χ2n) is 4.73. The minimum Gasteiger partial charge on any atom is -0.476 e. The minimum absolute atomic E-state index is 0.417. The van der Waals surface area contributed by atoms with E-state index in [2.05, 4.69) is 24.0 Å². The molecule has 2 rings (SSSR count). The van der Waals surface area contributed by atoms with Gasteiger partial charge in [-0.05, 0) is 24.8 Å². The van der Waals surface area contributed by atoms with Crippen LogP contribution in [0.25, 0.3) is 10.8 Å². The summed E-state index contributed by atoms with van der Waals surface area (Å²) in [7, 11) is 0. The van der Waals surface area contributed by atoms with Gasteiger partial charge in [0.05, 0.1) is 6.61 Å². The van der Waals surface area contributed by atoms with Gasteiger partial charge in [0.15, 0.2) is 5.15 Å². The third-order valence-corrected chi connectivity index (χ3v) is 3.05. The highest BCUT2D eigenvalue weighted by Gasteiger charge is 2.08. The maximum absolute atomic E-state index is 6.00. The lowest BCUT2D eigenvalue weighted by Crippen LogP contribution is -2.02. The molecule has 0 bridgehead atoms. The zero-order valence-corrected chi connectivity index (χ0v) is 11.4. The van der Waals surface area contributed by atoms with Crippen molar-refractivity contribution in [2.45, 2.75) is 26.7 Å². The lowest BCUT2D eigenvalue weighted by Gasteiger charge is -2.09.